The van der Waals surface area contributed by atoms with Crippen LogP contribution in [0.25, 0.3) is 32.7 Å². The Kier molecular flexibility index (Phi) is 31.8. The highest BCUT2D eigenvalue weighted by atomic mass is 35.5. The molecule has 5 N–H and O–H groups in total. The molecule has 119 heavy (non-hydrogen) atoms. The number of carbonyl (C=O) groups is 3. The number of methoxy groups -OCH3 is 2. The van der Waals surface area contributed by atoms with Crippen LogP contribution in [-0.4, -0.2) is 177 Å². The lowest BCUT2D eigenvalue weighted by atomic mass is 9.92. The summed E-state index contributed by atoms with van der Waals surface area (Å²) < 4.78 is 62.1. The van der Waals surface area contributed by atoms with Gasteiger partial charge in [-0.05, 0) is 219 Å². The zero-order valence-corrected chi connectivity index (χ0v) is 69.6. The van der Waals surface area contributed by atoms with Crippen molar-refractivity contribution in [2.24, 2.45) is 0 Å². The number of nitrogens with zero attached hydrogens (tertiary/aromatic N) is 8. The van der Waals surface area contributed by atoms with Crippen molar-refractivity contribution in [3.8, 4) is 23.0 Å². The molecule has 3 amide bonds. The number of aliphatic hydroxyl groups is 1. The Bertz CT molecular complexity index is 4960. The van der Waals surface area contributed by atoms with Crippen molar-refractivity contribution in [2.45, 2.75) is 128 Å². The van der Waals surface area contributed by atoms with E-state index in [0.29, 0.717) is 87.1 Å². The molecule has 0 fully saturated rings. The quantitative estimate of drug-likeness (QED) is 0.0229. The number of H-pyrrole nitrogens is 3. The molecule has 0 radical (unpaired) electrons. The normalized spacial score (nSPS) is 14.8. The summed E-state index contributed by atoms with van der Waals surface area (Å²) in [6, 6.07) is 45.8. The highest BCUT2D eigenvalue weighted by molar-refractivity contribution is 6.32. The Balaban J connectivity index is 0.000000155. The van der Waals surface area contributed by atoms with Crippen LogP contribution >= 0.6 is 34.8 Å². The van der Waals surface area contributed by atoms with Gasteiger partial charge in [0.15, 0.2) is 0 Å². The van der Waals surface area contributed by atoms with Crippen molar-refractivity contribution in [3.05, 3.63) is 254 Å². The summed E-state index contributed by atoms with van der Waals surface area (Å²) >= 11 is 18.9. The maximum absolute atomic E-state index is 13.4. The van der Waals surface area contributed by atoms with E-state index in [1.807, 2.05) is 151 Å². The number of aryl methyl sites for hydroxylation is 2. The Morgan fingerprint density at radius 3 is 1.28 bits per heavy atom. The predicted molar refractivity (Wildman–Crippen MR) is 459 cm³/mol. The van der Waals surface area contributed by atoms with Gasteiger partial charge in [-0.2, -0.15) is 5.10 Å². The molecular formula is C91H104Cl3FN12O12. The van der Waals surface area contributed by atoms with Crippen LogP contribution in [0.2, 0.25) is 15.1 Å². The summed E-state index contributed by atoms with van der Waals surface area (Å²) in [5.41, 5.74) is 12.3. The summed E-state index contributed by atoms with van der Waals surface area (Å²) in [5.74, 6) is 2.31. The lowest BCUT2D eigenvalue weighted by molar-refractivity contribution is 0.0626. The number of aliphatic hydroxyl groups excluding tert-OH is 1. The van der Waals surface area contributed by atoms with E-state index in [1.54, 1.807) is 41.6 Å². The number of unbranched alkanes of at least 4 members (excludes halogenated alkanes) is 9. The molecule has 3 unspecified atom stereocenters. The number of hydrogen-bond donors (Lipinski definition) is 5. The zero-order chi connectivity index (χ0) is 82.7. The van der Waals surface area contributed by atoms with Gasteiger partial charge in [0.25, 0.3) is 0 Å². The molecule has 0 saturated carbocycles. The van der Waals surface area contributed by atoms with Gasteiger partial charge >= 0.3 is 18.3 Å². The number of aromatic amines is 3. The van der Waals surface area contributed by atoms with Crippen molar-refractivity contribution in [1.29, 1.82) is 0 Å². The van der Waals surface area contributed by atoms with E-state index < -0.39 is 18.0 Å². The smallest absolute Gasteiger partial charge is 0.416 e. The summed E-state index contributed by atoms with van der Waals surface area (Å²) in [6.45, 7) is 8.28. The maximum atomic E-state index is 13.4. The third-order valence-electron chi connectivity index (χ3n) is 21.6. The molecule has 28 heteroatoms. The highest BCUT2D eigenvalue weighted by Gasteiger charge is 2.39. The molecule has 7 aromatic carbocycles. The van der Waals surface area contributed by atoms with E-state index in [0.717, 1.165) is 192 Å². The molecule has 628 valence electrons. The number of ether oxygens (including phenoxy) is 8. The third-order valence-corrected chi connectivity index (χ3v) is 22.3. The Labute approximate surface area is 707 Å². The number of rotatable bonds is 36. The molecule has 0 aliphatic carbocycles. The van der Waals surface area contributed by atoms with E-state index in [2.05, 4.69) is 39.9 Å². The van der Waals surface area contributed by atoms with E-state index in [9.17, 15) is 18.8 Å². The van der Waals surface area contributed by atoms with Crippen LogP contribution in [0.15, 0.2) is 183 Å². The molecule has 8 heterocycles. The average Bonchev–Trinajstić information content (AvgIpc) is 1.63. The molecule has 3 aliphatic rings. The van der Waals surface area contributed by atoms with Crippen molar-refractivity contribution < 1.29 is 61.8 Å². The molecular weight excluding hydrogens is 1580 g/mol. The van der Waals surface area contributed by atoms with Crippen LogP contribution in [0.3, 0.4) is 0 Å². The number of fused-ring (bicyclic) bond motifs is 9. The van der Waals surface area contributed by atoms with Crippen molar-refractivity contribution in [2.75, 3.05) is 99.8 Å². The number of aromatic nitrogens is 8. The largest absolute Gasteiger partial charge is 0.494 e. The molecule has 0 saturated heterocycles. The first kappa shape index (κ1) is 86.2. The zero-order valence-electron chi connectivity index (χ0n) is 67.3. The first-order valence-electron chi connectivity index (χ1n) is 41.1. The second-order valence-electron chi connectivity index (χ2n) is 29.6. The van der Waals surface area contributed by atoms with E-state index in [1.165, 1.54) is 35.4 Å². The average molecular weight is 1680 g/mol. The van der Waals surface area contributed by atoms with E-state index in [4.69, 9.17) is 77.8 Å². The lowest BCUT2D eigenvalue weighted by Crippen LogP contribution is -2.42. The van der Waals surface area contributed by atoms with Gasteiger partial charge in [0.1, 0.15) is 72.8 Å². The summed E-state index contributed by atoms with van der Waals surface area (Å²) in [7, 11) is 3.18. The molecule has 5 aromatic heterocycles. The molecule has 3 atom stereocenters. The fourth-order valence-electron chi connectivity index (χ4n) is 15.6. The van der Waals surface area contributed by atoms with Crippen LogP contribution in [0, 0.1) is 5.82 Å². The maximum Gasteiger partial charge on any atom is 0.416 e. The first-order chi connectivity index (χ1) is 58.3. The van der Waals surface area contributed by atoms with E-state index in [-0.39, 0.29) is 49.8 Å². The minimum atomic E-state index is -0.504. The number of halogens is 4. The van der Waals surface area contributed by atoms with Gasteiger partial charge < -0.3 is 67.8 Å². The van der Waals surface area contributed by atoms with Gasteiger partial charge in [0.05, 0.1) is 46.0 Å². The predicted octanol–water partition coefficient (Wildman–Crippen LogP) is 18.8. The fraction of sp³-hybridized carbons (Fsp3) is 0.385. The SMILES string of the molecule is COCCOC(=O)N1CCc2c([nH]c3ccc(Cl)cc23)C1c1ccc(OCCCCCCn2ccnc2)cc1.COCCOC(=O)N1CCc2c([nH]c3ccc(Cl)cc23)C1c1ccc(OCCCCCCn2cncn2)cc1.O=C(Oc1ccc(F)cc1)N1CCc2c([nH]c3ccc(Cl)cc23)C1c1ccc(OCCCCCCNCCO)cc1. The third kappa shape index (κ3) is 23.3. The standard InChI is InChI=1S/C32H35ClFN3O4.C30H35ClN4O4.C29H34ClN5O4/c33-23-7-14-29-28(21-23)27-15-18-37(32(39)41-26-12-8-24(34)9-13-26)31(30(27)36-29)22-5-10-25(11-6-22)40-20-4-2-1-3-16-35-17-19-38;1-37-18-19-39-30(36)35-15-12-25-26-20-23(31)8-11-27(26)33-28(25)29(35)22-6-9-24(10-7-22)38-17-5-3-2-4-14-34-16-13-32-21-34;1-37-16-17-39-29(36)35-14-12-24-25-18-22(30)8-11-26(25)33-27(24)28(35)21-6-9-23(10-7-21)38-15-5-3-2-4-13-34-20-31-19-32-34/h5-14,21,31,35-36,38H,1-4,15-20H2;6-11,13,16,20-21,29,33H,2-5,12,14-15,17-19H2,1H3;6-11,18-20,28,33H,2-5,12-17H2,1H3. The van der Waals surface area contributed by atoms with E-state index >= 15 is 0 Å². The van der Waals surface area contributed by atoms with Gasteiger partial charge in [0.2, 0.25) is 0 Å². The van der Waals surface area contributed by atoms with Crippen molar-refractivity contribution in [1.82, 2.24) is 59.3 Å². The number of hydrogen-bond acceptors (Lipinski definition) is 16. The highest BCUT2D eigenvalue weighted by Crippen LogP contribution is 2.44. The second-order valence-corrected chi connectivity index (χ2v) is 30.9. The Hall–Kier alpha value is -10.6. The molecule has 15 rings (SSSR count). The number of imidazole rings is 1. The topological polar surface area (TPSA) is 263 Å². The summed E-state index contributed by atoms with van der Waals surface area (Å²) in [5, 5.41) is 21.4. The summed E-state index contributed by atoms with van der Waals surface area (Å²) in [4.78, 5) is 63.6. The molecule has 0 bridgehead atoms. The summed E-state index contributed by atoms with van der Waals surface area (Å²) in [6.07, 6.45) is 22.8. The fourth-order valence-corrected chi connectivity index (χ4v) is 16.1. The van der Waals surface area contributed by atoms with Crippen LogP contribution < -0.4 is 24.3 Å². The molecule has 24 nitrogen and oxygen atoms in total. The number of benzene rings is 7. The van der Waals surface area contributed by atoms with Crippen LogP contribution in [0.4, 0.5) is 18.8 Å². The number of carbonyl (C=O) groups excluding carboxylic acids is 3. The van der Waals surface area contributed by atoms with Crippen LogP contribution in [0.1, 0.15) is 146 Å². The van der Waals surface area contributed by atoms with Crippen LogP contribution in [-0.2, 0) is 51.3 Å². The van der Waals surface area contributed by atoms with Crippen molar-refractivity contribution >= 4 is 85.8 Å². The van der Waals surface area contributed by atoms with Gasteiger partial charge in [-0.25, -0.2) is 28.7 Å². The Morgan fingerprint density at radius 1 is 0.462 bits per heavy atom. The number of nitrogens with one attached hydrogen (secondary N) is 4. The molecule has 0 spiro atoms. The monoisotopic (exact) mass is 1680 g/mol. The first-order valence-corrected chi connectivity index (χ1v) is 42.2. The van der Waals surface area contributed by atoms with Gasteiger partial charge in [-0.3, -0.25) is 19.4 Å². The molecule has 3 aliphatic heterocycles. The van der Waals surface area contributed by atoms with Crippen molar-refractivity contribution in [3.63, 3.8) is 0 Å². The van der Waals surface area contributed by atoms with Gasteiger partial charge in [0, 0.05) is 131 Å². The molecule has 12 aromatic rings. The minimum Gasteiger partial charge on any atom is -0.494 e. The van der Waals surface area contributed by atoms with Gasteiger partial charge in [-0.15, -0.1) is 0 Å². The minimum absolute atomic E-state index is 0.170. The van der Waals surface area contributed by atoms with Crippen LogP contribution in [0.5, 0.6) is 23.0 Å². The Morgan fingerprint density at radius 2 is 0.874 bits per heavy atom. The lowest BCUT2D eigenvalue weighted by Gasteiger charge is -2.35. The number of amides is 3. The van der Waals surface area contributed by atoms with Gasteiger partial charge in [-0.1, -0.05) is 103 Å². The second kappa shape index (κ2) is 43.9.